The van der Waals surface area contributed by atoms with Gasteiger partial charge in [0.15, 0.2) is 17.0 Å². The van der Waals surface area contributed by atoms with Crippen LogP contribution in [0, 0.1) is 0 Å². The summed E-state index contributed by atoms with van der Waals surface area (Å²) in [4.78, 5) is 32.9. The summed E-state index contributed by atoms with van der Waals surface area (Å²) in [5, 5.41) is 10.3. The second kappa shape index (κ2) is 7.83. The van der Waals surface area contributed by atoms with Crippen LogP contribution in [0.4, 0.5) is 5.82 Å². The highest BCUT2D eigenvalue weighted by Gasteiger charge is 2.36. The van der Waals surface area contributed by atoms with Crippen molar-refractivity contribution in [3.05, 3.63) is 11.6 Å². The molecule has 0 bridgehead atoms. The van der Waals surface area contributed by atoms with Crippen LogP contribution in [-0.2, 0) is 14.0 Å². The van der Waals surface area contributed by atoms with Crippen molar-refractivity contribution in [3.8, 4) is 0 Å². The van der Waals surface area contributed by atoms with Gasteiger partial charge >= 0.3 is 7.60 Å². The second-order valence-electron chi connectivity index (χ2n) is 6.93. The number of nitrogens with zero attached hydrogens (tertiary/aromatic N) is 5. The lowest BCUT2D eigenvalue weighted by molar-refractivity contribution is -0.0564. The van der Waals surface area contributed by atoms with E-state index in [0.717, 1.165) is 25.9 Å². The van der Waals surface area contributed by atoms with Gasteiger partial charge in [0.25, 0.3) is 0 Å². The number of aromatic nitrogens is 4. The van der Waals surface area contributed by atoms with Gasteiger partial charge < -0.3 is 29.3 Å². The third-order valence-corrected chi connectivity index (χ3v) is 5.53. The average molecular weight is 434 g/mol. The SMILES string of the molecule is O=P(O)(O)COC[C@H]1OC(n2cnc3c(N4CCCC4)nc(Cl)nc32)C[C@@H]1O. The number of halogens is 1. The van der Waals surface area contributed by atoms with Crippen LogP contribution in [0.25, 0.3) is 11.2 Å². The van der Waals surface area contributed by atoms with E-state index in [4.69, 9.17) is 30.9 Å². The molecule has 2 aliphatic heterocycles. The third-order valence-electron chi connectivity index (χ3n) is 4.84. The molecular formula is C15H21ClN5O6P. The molecule has 4 heterocycles. The average Bonchev–Trinajstić information content (AvgIpc) is 3.33. The highest BCUT2D eigenvalue weighted by atomic mass is 35.5. The molecule has 2 aromatic rings. The van der Waals surface area contributed by atoms with Crippen LogP contribution in [0.15, 0.2) is 6.33 Å². The van der Waals surface area contributed by atoms with E-state index in [1.54, 1.807) is 10.9 Å². The summed E-state index contributed by atoms with van der Waals surface area (Å²) in [5.74, 6) is 0.686. The Labute approximate surface area is 165 Å². The maximum Gasteiger partial charge on any atom is 0.350 e. The number of aliphatic hydroxyl groups excluding tert-OH is 1. The lowest BCUT2D eigenvalue weighted by Crippen LogP contribution is -2.26. The van der Waals surface area contributed by atoms with Gasteiger partial charge in [-0.3, -0.25) is 9.13 Å². The van der Waals surface area contributed by atoms with Crippen LogP contribution in [0.1, 0.15) is 25.5 Å². The molecule has 3 atom stereocenters. The Morgan fingerprint density at radius 1 is 1.32 bits per heavy atom. The first-order valence-corrected chi connectivity index (χ1v) is 11.1. The molecule has 13 heteroatoms. The van der Waals surface area contributed by atoms with Gasteiger partial charge in [-0.05, 0) is 24.4 Å². The van der Waals surface area contributed by atoms with Crippen molar-refractivity contribution in [2.24, 2.45) is 0 Å². The summed E-state index contributed by atoms with van der Waals surface area (Å²) in [7, 11) is -4.27. The molecule has 0 aromatic carbocycles. The van der Waals surface area contributed by atoms with Crippen LogP contribution in [0.2, 0.25) is 5.28 Å². The highest BCUT2D eigenvalue weighted by molar-refractivity contribution is 7.51. The van der Waals surface area contributed by atoms with E-state index < -0.39 is 32.4 Å². The second-order valence-corrected chi connectivity index (χ2v) is 8.86. The summed E-state index contributed by atoms with van der Waals surface area (Å²) in [6, 6.07) is 0. The quantitative estimate of drug-likeness (QED) is 0.443. The summed E-state index contributed by atoms with van der Waals surface area (Å²) >= 11 is 6.13. The highest BCUT2D eigenvalue weighted by Crippen LogP contribution is 2.36. The minimum Gasteiger partial charge on any atom is -0.390 e. The Morgan fingerprint density at radius 3 is 2.79 bits per heavy atom. The number of rotatable bonds is 6. The van der Waals surface area contributed by atoms with Crippen molar-refractivity contribution in [1.29, 1.82) is 0 Å². The molecule has 2 fully saturated rings. The van der Waals surface area contributed by atoms with Crippen LogP contribution in [-0.4, -0.2) is 72.7 Å². The normalized spacial score (nSPS) is 25.9. The largest absolute Gasteiger partial charge is 0.390 e. The van der Waals surface area contributed by atoms with Gasteiger partial charge in [-0.15, -0.1) is 0 Å². The fourth-order valence-electron chi connectivity index (χ4n) is 3.56. The molecule has 3 N–H and O–H groups in total. The fraction of sp³-hybridized carbons (Fsp3) is 0.667. The lowest BCUT2D eigenvalue weighted by atomic mass is 10.2. The Balaban J connectivity index is 1.54. The molecule has 2 aromatic heterocycles. The van der Waals surface area contributed by atoms with Gasteiger partial charge in [0, 0.05) is 19.5 Å². The Bertz CT molecular complexity index is 900. The number of aliphatic hydroxyl groups is 1. The summed E-state index contributed by atoms with van der Waals surface area (Å²) in [5.41, 5.74) is 1.13. The first-order chi connectivity index (χ1) is 13.3. The van der Waals surface area contributed by atoms with Gasteiger partial charge in [-0.2, -0.15) is 9.97 Å². The molecule has 2 aliphatic rings. The summed E-state index contributed by atoms with van der Waals surface area (Å²) < 4.78 is 23.4. The zero-order valence-electron chi connectivity index (χ0n) is 14.9. The van der Waals surface area contributed by atoms with E-state index in [1.165, 1.54) is 0 Å². The first-order valence-electron chi connectivity index (χ1n) is 8.93. The zero-order chi connectivity index (χ0) is 19.9. The molecule has 1 unspecified atom stereocenters. The molecule has 154 valence electrons. The van der Waals surface area contributed by atoms with Crippen LogP contribution >= 0.6 is 19.2 Å². The molecule has 4 rings (SSSR count). The minimum atomic E-state index is -4.27. The molecule has 28 heavy (non-hydrogen) atoms. The molecule has 0 radical (unpaired) electrons. The maximum absolute atomic E-state index is 10.9. The minimum absolute atomic E-state index is 0.108. The molecule has 0 aliphatic carbocycles. The van der Waals surface area contributed by atoms with E-state index in [2.05, 4.69) is 19.9 Å². The van der Waals surface area contributed by atoms with E-state index in [1.807, 2.05) is 0 Å². The monoisotopic (exact) mass is 433 g/mol. The van der Waals surface area contributed by atoms with Crippen molar-refractivity contribution in [1.82, 2.24) is 19.5 Å². The molecule has 0 amide bonds. The van der Waals surface area contributed by atoms with Crippen molar-refractivity contribution in [2.45, 2.75) is 37.7 Å². The Morgan fingerprint density at radius 2 is 2.07 bits per heavy atom. The van der Waals surface area contributed by atoms with Crippen LogP contribution in [0.5, 0.6) is 0 Å². The molecule has 0 spiro atoms. The first kappa shape index (κ1) is 20.0. The van der Waals surface area contributed by atoms with Crippen LogP contribution < -0.4 is 4.90 Å². The van der Waals surface area contributed by atoms with E-state index in [-0.39, 0.29) is 18.3 Å². The lowest BCUT2D eigenvalue weighted by Gasteiger charge is -2.18. The number of imidazole rings is 1. The van der Waals surface area contributed by atoms with Gasteiger partial charge in [-0.1, -0.05) is 0 Å². The Hall–Kier alpha value is -1.33. The standard InChI is InChI=1S/C15H21ClN5O6P/c16-15-18-13(20-3-1-2-4-20)12-14(19-15)21(7-17-12)11-5-9(22)10(27-11)6-26-8-28(23,24)25/h7,9-11,22H,1-6,8H2,(H2,23,24,25)/t9-,10+,11?/m0/s1. The van der Waals surface area contributed by atoms with Crippen molar-refractivity contribution in [2.75, 3.05) is 30.9 Å². The maximum atomic E-state index is 10.9. The number of hydrogen-bond donors (Lipinski definition) is 3. The van der Waals surface area contributed by atoms with Crippen molar-refractivity contribution >= 4 is 36.2 Å². The smallest absolute Gasteiger partial charge is 0.350 e. The number of anilines is 1. The van der Waals surface area contributed by atoms with E-state index in [0.29, 0.717) is 17.0 Å². The van der Waals surface area contributed by atoms with Gasteiger partial charge in [-0.25, -0.2) is 4.98 Å². The van der Waals surface area contributed by atoms with E-state index >= 15 is 0 Å². The predicted molar refractivity (Wildman–Crippen MR) is 99.2 cm³/mol. The van der Waals surface area contributed by atoms with Gasteiger partial charge in [0.1, 0.15) is 18.7 Å². The fourth-order valence-corrected chi connectivity index (χ4v) is 4.06. The van der Waals surface area contributed by atoms with E-state index in [9.17, 15) is 9.67 Å². The summed E-state index contributed by atoms with van der Waals surface area (Å²) in [6.45, 7) is 1.63. The Kier molecular flexibility index (Phi) is 5.58. The zero-order valence-corrected chi connectivity index (χ0v) is 16.5. The van der Waals surface area contributed by atoms with Crippen molar-refractivity contribution < 1.29 is 28.9 Å². The molecule has 11 nitrogen and oxygen atoms in total. The summed E-state index contributed by atoms with van der Waals surface area (Å²) in [6.07, 6.45) is 1.15. The molecule has 0 saturated carbocycles. The number of hydrogen-bond acceptors (Lipinski definition) is 8. The molecular weight excluding hydrogens is 413 g/mol. The third kappa shape index (κ3) is 4.16. The van der Waals surface area contributed by atoms with Gasteiger partial charge in [0.05, 0.1) is 19.0 Å². The topological polar surface area (TPSA) is 143 Å². The predicted octanol–water partition coefficient (Wildman–Crippen LogP) is 0.880. The molecule has 2 saturated heterocycles. The van der Waals surface area contributed by atoms with Gasteiger partial charge in [0.2, 0.25) is 5.28 Å². The van der Waals surface area contributed by atoms with Crippen LogP contribution in [0.3, 0.4) is 0 Å². The van der Waals surface area contributed by atoms with Crippen molar-refractivity contribution in [3.63, 3.8) is 0 Å². The number of ether oxygens (including phenoxy) is 2. The number of fused-ring (bicyclic) bond motifs is 1.